The van der Waals surface area contributed by atoms with E-state index in [0.29, 0.717) is 0 Å². The second kappa shape index (κ2) is 4.65. The van der Waals surface area contributed by atoms with Gasteiger partial charge in [0.2, 0.25) is 0 Å². The van der Waals surface area contributed by atoms with Crippen molar-refractivity contribution in [2.45, 2.75) is 26.2 Å². The lowest BCUT2D eigenvalue weighted by molar-refractivity contribution is 0.537. The Bertz CT molecular complexity index is 506. The molecule has 1 fully saturated rings. The van der Waals surface area contributed by atoms with Crippen molar-refractivity contribution >= 4 is 27.4 Å². The zero-order valence-corrected chi connectivity index (χ0v) is 11.0. The summed E-state index contributed by atoms with van der Waals surface area (Å²) >= 11 is 1.59. The largest absolute Gasteiger partial charge is 0.375 e. The van der Waals surface area contributed by atoms with Gasteiger partial charge in [-0.25, -0.2) is 0 Å². The number of nitrogens with zero attached hydrogens (tertiary/aromatic N) is 1. The van der Waals surface area contributed by atoms with E-state index in [9.17, 15) is 0 Å². The molecule has 1 aliphatic rings. The molecule has 90 valence electrons. The third-order valence-corrected chi connectivity index (χ3v) is 4.57. The number of benzene rings is 1. The molecule has 1 aromatic carbocycles. The minimum Gasteiger partial charge on any atom is -0.375 e. The van der Waals surface area contributed by atoms with Crippen molar-refractivity contribution in [3.63, 3.8) is 0 Å². The van der Waals surface area contributed by atoms with Crippen LogP contribution in [0.2, 0.25) is 0 Å². The minimum atomic E-state index is 0.853. The number of hydrogen-bond donors (Lipinski definition) is 1. The van der Waals surface area contributed by atoms with Crippen molar-refractivity contribution in [2.75, 3.05) is 11.9 Å². The van der Waals surface area contributed by atoms with Crippen LogP contribution in [0.4, 0.5) is 5.00 Å². The van der Waals surface area contributed by atoms with Gasteiger partial charge in [-0.05, 0) is 48.3 Å². The number of rotatable bonds is 3. The molecule has 2 nitrogen and oxygen atoms in total. The second-order valence-electron chi connectivity index (χ2n) is 5.19. The Morgan fingerprint density at radius 2 is 2.24 bits per heavy atom. The van der Waals surface area contributed by atoms with E-state index in [1.807, 2.05) is 6.07 Å². The van der Waals surface area contributed by atoms with Gasteiger partial charge in [0.15, 0.2) is 0 Å². The smallest absolute Gasteiger partial charge is 0.117 e. The van der Waals surface area contributed by atoms with Gasteiger partial charge in [0.1, 0.15) is 5.00 Å². The molecule has 0 radical (unpaired) electrons. The monoisotopic (exact) mass is 246 g/mol. The molecule has 2 atom stereocenters. The number of fused-ring (bicyclic) bond motifs is 1. The van der Waals surface area contributed by atoms with Crippen LogP contribution in [0, 0.1) is 11.8 Å². The van der Waals surface area contributed by atoms with Crippen molar-refractivity contribution < 1.29 is 0 Å². The van der Waals surface area contributed by atoms with E-state index in [-0.39, 0.29) is 0 Å². The summed E-state index contributed by atoms with van der Waals surface area (Å²) in [4.78, 5) is 0. The molecule has 1 N–H and O–H groups in total. The molecule has 3 rings (SSSR count). The molecule has 1 heterocycles. The maximum absolute atomic E-state index is 4.46. The van der Waals surface area contributed by atoms with E-state index in [1.165, 1.54) is 29.6 Å². The Hall–Kier alpha value is -1.09. The van der Waals surface area contributed by atoms with Crippen molar-refractivity contribution in [1.82, 2.24) is 4.37 Å². The van der Waals surface area contributed by atoms with Gasteiger partial charge in [-0.15, -0.1) is 0 Å². The SMILES string of the molecule is CC1CCC(CNc2snc3ccccc23)C1. The van der Waals surface area contributed by atoms with Crippen LogP contribution in [0.25, 0.3) is 10.9 Å². The predicted molar refractivity (Wildman–Crippen MR) is 74.6 cm³/mol. The van der Waals surface area contributed by atoms with E-state index < -0.39 is 0 Å². The zero-order valence-electron chi connectivity index (χ0n) is 10.1. The highest BCUT2D eigenvalue weighted by Crippen LogP contribution is 2.32. The summed E-state index contributed by atoms with van der Waals surface area (Å²) in [5, 5.41) is 6.09. The number of anilines is 1. The van der Waals surface area contributed by atoms with Crippen LogP contribution in [-0.2, 0) is 0 Å². The van der Waals surface area contributed by atoms with Crippen LogP contribution < -0.4 is 5.32 Å². The quantitative estimate of drug-likeness (QED) is 0.880. The maximum Gasteiger partial charge on any atom is 0.117 e. The summed E-state index contributed by atoms with van der Waals surface area (Å²) in [6, 6.07) is 8.36. The molecule has 0 aliphatic heterocycles. The van der Waals surface area contributed by atoms with Gasteiger partial charge in [-0.2, -0.15) is 4.37 Å². The molecule has 1 aliphatic carbocycles. The van der Waals surface area contributed by atoms with Gasteiger partial charge in [-0.1, -0.05) is 25.5 Å². The lowest BCUT2D eigenvalue weighted by Gasteiger charge is -2.10. The molecule has 2 unspecified atom stereocenters. The fourth-order valence-corrected chi connectivity index (χ4v) is 3.53. The first kappa shape index (κ1) is 11.0. The van der Waals surface area contributed by atoms with Gasteiger partial charge < -0.3 is 5.32 Å². The predicted octanol–water partition coefficient (Wildman–Crippen LogP) is 4.14. The Morgan fingerprint density at radius 1 is 1.35 bits per heavy atom. The fraction of sp³-hybridized carbons (Fsp3) is 0.500. The molecule has 17 heavy (non-hydrogen) atoms. The highest BCUT2D eigenvalue weighted by Gasteiger charge is 2.21. The van der Waals surface area contributed by atoms with Gasteiger partial charge in [-0.3, -0.25) is 0 Å². The van der Waals surface area contributed by atoms with E-state index in [0.717, 1.165) is 23.9 Å². The highest BCUT2D eigenvalue weighted by molar-refractivity contribution is 7.11. The van der Waals surface area contributed by atoms with Crippen LogP contribution >= 0.6 is 11.5 Å². The Kier molecular flexibility index (Phi) is 3.02. The van der Waals surface area contributed by atoms with Crippen LogP contribution in [-0.4, -0.2) is 10.9 Å². The summed E-state index contributed by atoms with van der Waals surface area (Å²) < 4.78 is 4.46. The number of nitrogens with one attached hydrogen (secondary N) is 1. The molecule has 3 heteroatoms. The maximum atomic E-state index is 4.46. The summed E-state index contributed by atoms with van der Waals surface area (Å²) in [7, 11) is 0. The van der Waals surface area contributed by atoms with Gasteiger partial charge >= 0.3 is 0 Å². The zero-order chi connectivity index (χ0) is 11.7. The highest BCUT2D eigenvalue weighted by atomic mass is 32.1. The van der Waals surface area contributed by atoms with Gasteiger partial charge in [0.05, 0.1) is 5.52 Å². The summed E-state index contributed by atoms with van der Waals surface area (Å²) in [5.74, 6) is 1.77. The molecular weight excluding hydrogens is 228 g/mol. The topological polar surface area (TPSA) is 24.9 Å². The molecule has 0 bridgehead atoms. The van der Waals surface area contributed by atoms with Crippen LogP contribution in [0.3, 0.4) is 0 Å². The standard InChI is InChI=1S/C14H18N2S/c1-10-6-7-11(8-10)9-15-14-12-4-2-3-5-13(12)16-17-14/h2-5,10-11,15H,6-9H2,1H3. The minimum absolute atomic E-state index is 0.853. The Labute approximate surface area is 106 Å². The lowest BCUT2D eigenvalue weighted by atomic mass is 10.1. The molecule has 0 spiro atoms. The first-order valence-electron chi connectivity index (χ1n) is 6.41. The van der Waals surface area contributed by atoms with Gasteiger partial charge in [0, 0.05) is 11.9 Å². The molecule has 0 saturated heterocycles. The Balaban J connectivity index is 1.69. The molecule has 1 aromatic heterocycles. The molecule has 1 saturated carbocycles. The first-order valence-corrected chi connectivity index (χ1v) is 7.18. The second-order valence-corrected chi connectivity index (χ2v) is 5.97. The Morgan fingerprint density at radius 3 is 3.06 bits per heavy atom. The van der Waals surface area contributed by atoms with Crippen LogP contribution in [0.1, 0.15) is 26.2 Å². The number of hydrogen-bond acceptors (Lipinski definition) is 3. The first-order chi connectivity index (χ1) is 8.33. The van der Waals surface area contributed by atoms with Crippen molar-refractivity contribution in [1.29, 1.82) is 0 Å². The third kappa shape index (κ3) is 2.29. The molecular formula is C14H18N2S. The average Bonchev–Trinajstić information content (AvgIpc) is 2.93. The van der Waals surface area contributed by atoms with E-state index >= 15 is 0 Å². The van der Waals surface area contributed by atoms with Crippen molar-refractivity contribution in [3.05, 3.63) is 24.3 Å². The average molecular weight is 246 g/mol. The molecule has 0 amide bonds. The third-order valence-electron chi connectivity index (χ3n) is 3.74. The van der Waals surface area contributed by atoms with E-state index in [4.69, 9.17) is 0 Å². The summed E-state index contributed by atoms with van der Waals surface area (Å²) in [6.45, 7) is 3.47. The fourth-order valence-electron chi connectivity index (χ4n) is 2.76. The van der Waals surface area contributed by atoms with Crippen molar-refractivity contribution in [3.8, 4) is 0 Å². The summed E-state index contributed by atoms with van der Waals surface area (Å²) in [6.07, 6.45) is 4.16. The summed E-state index contributed by atoms with van der Waals surface area (Å²) in [5.41, 5.74) is 1.11. The van der Waals surface area contributed by atoms with E-state index in [2.05, 4.69) is 34.8 Å². The number of aromatic nitrogens is 1. The van der Waals surface area contributed by atoms with E-state index in [1.54, 1.807) is 11.5 Å². The molecule has 2 aromatic rings. The normalized spacial score (nSPS) is 24.3. The van der Waals surface area contributed by atoms with Gasteiger partial charge in [0.25, 0.3) is 0 Å². The van der Waals surface area contributed by atoms with Crippen LogP contribution in [0.15, 0.2) is 24.3 Å². The van der Waals surface area contributed by atoms with Crippen LogP contribution in [0.5, 0.6) is 0 Å². The van der Waals surface area contributed by atoms with Crippen molar-refractivity contribution in [2.24, 2.45) is 11.8 Å². The lowest BCUT2D eigenvalue weighted by Crippen LogP contribution is -2.10.